The molecule has 2 aromatic rings. The molecule has 2 N–H and O–H groups in total. The highest BCUT2D eigenvalue weighted by Gasteiger charge is 2.15. The number of rotatable bonds is 2. The lowest BCUT2D eigenvalue weighted by atomic mass is 9.99. The third-order valence-electron chi connectivity index (χ3n) is 2.60. The molecule has 94 valence electrons. The second kappa shape index (κ2) is 5.70. The smallest absolute Gasteiger partial charge is 0.128 e. The maximum absolute atomic E-state index is 13.7. The first kappa shape index (κ1) is 14.0. The second-order valence-electron chi connectivity index (χ2n) is 3.82. The summed E-state index contributed by atoms with van der Waals surface area (Å²) >= 11 is 12.6. The first-order valence-electron chi connectivity index (χ1n) is 5.14. The Kier molecular flexibility index (Phi) is 4.43. The molecule has 0 aromatic heterocycles. The summed E-state index contributed by atoms with van der Waals surface area (Å²) in [4.78, 5) is 0. The number of halogens is 4. The molecule has 0 amide bonds. The van der Waals surface area contributed by atoms with Gasteiger partial charge in [0.25, 0.3) is 0 Å². The Morgan fingerprint density at radius 1 is 1.11 bits per heavy atom. The summed E-state index contributed by atoms with van der Waals surface area (Å²) in [5.41, 5.74) is 7.27. The van der Waals surface area contributed by atoms with Crippen LogP contribution in [0.1, 0.15) is 17.2 Å². The van der Waals surface area contributed by atoms with E-state index in [9.17, 15) is 4.39 Å². The fourth-order valence-electron chi connectivity index (χ4n) is 1.64. The SMILES string of the molecule is NC(c1ccc(Br)c(Cl)c1)c1cc(Br)ccc1F. The number of benzene rings is 2. The van der Waals surface area contributed by atoms with E-state index in [2.05, 4.69) is 31.9 Å². The van der Waals surface area contributed by atoms with Crippen LogP contribution in [0.4, 0.5) is 4.39 Å². The van der Waals surface area contributed by atoms with Crippen molar-refractivity contribution in [2.75, 3.05) is 0 Å². The quantitative estimate of drug-likeness (QED) is 0.759. The summed E-state index contributed by atoms with van der Waals surface area (Å²) in [6, 6.07) is 9.51. The van der Waals surface area contributed by atoms with Gasteiger partial charge in [0.05, 0.1) is 11.1 Å². The zero-order valence-electron chi connectivity index (χ0n) is 9.13. The van der Waals surface area contributed by atoms with Crippen LogP contribution in [0.5, 0.6) is 0 Å². The van der Waals surface area contributed by atoms with Gasteiger partial charge in [0.2, 0.25) is 0 Å². The van der Waals surface area contributed by atoms with Crippen LogP contribution in [0.15, 0.2) is 45.3 Å². The molecule has 0 spiro atoms. The number of nitrogens with two attached hydrogens (primary N) is 1. The molecule has 0 bridgehead atoms. The van der Waals surface area contributed by atoms with Crippen LogP contribution in [0.2, 0.25) is 5.02 Å². The van der Waals surface area contributed by atoms with Crippen molar-refractivity contribution in [3.63, 3.8) is 0 Å². The molecular weight excluding hydrogens is 384 g/mol. The van der Waals surface area contributed by atoms with Crippen molar-refractivity contribution in [1.29, 1.82) is 0 Å². The maximum Gasteiger partial charge on any atom is 0.128 e. The van der Waals surface area contributed by atoms with Crippen molar-refractivity contribution >= 4 is 43.5 Å². The lowest BCUT2D eigenvalue weighted by molar-refractivity contribution is 0.599. The molecule has 2 rings (SSSR count). The normalized spacial score (nSPS) is 12.5. The Balaban J connectivity index is 2.44. The highest BCUT2D eigenvalue weighted by atomic mass is 79.9. The summed E-state index contributed by atoms with van der Waals surface area (Å²) in [5, 5.41) is 0.554. The molecule has 5 heteroatoms. The van der Waals surface area contributed by atoms with E-state index in [1.54, 1.807) is 24.3 Å². The van der Waals surface area contributed by atoms with Crippen LogP contribution in [-0.4, -0.2) is 0 Å². The van der Waals surface area contributed by atoms with Gasteiger partial charge in [0, 0.05) is 14.5 Å². The Hall–Kier alpha value is -0.420. The van der Waals surface area contributed by atoms with Gasteiger partial charge in [0.15, 0.2) is 0 Å². The minimum Gasteiger partial charge on any atom is -0.320 e. The lowest BCUT2D eigenvalue weighted by Crippen LogP contribution is -2.13. The Bertz CT molecular complexity index is 589. The van der Waals surface area contributed by atoms with Crippen LogP contribution in [-0.2, 0) is 0 Å². The van der Waals surface area contributed by atoms with Crippen molar-refractivity contribution in [2.45, 2.75) is 6.04 Å². The second-order valence-corrected chi connectivity index (χ2v) is 5.99. The zero-order valence-corrected chi connectivity index (χ0v) is 13.1. The lowest BCUT2D eigenvalue weighted by Gasteiger charge is -2.14. The van der Waals surface area contributed by atoms with Crippen molar-refractivity contribution in [2.24, 2.45) is 5.73 Å². The average Bonchev–Trinajstić information content (AvgIpc) is 2.35. The molecule has 18 heavy (non-hydrogen) atoms. The first-order valence-corrected chi connectivity index (χ1v) is 7.11. The Morgan fingerprint density at radius 2 is 1.83 bits per heavy atom. The van der Waals surface area contributed by atoms with Gasteiger partial charge in [-0.3, -0.25) is 0 Å². The molecule has 0 aliphatic carbocycles. The van der Waals surface area contributed by atoms with Crippen LogP contribution < -0.4 is 5.73 Å². The summed E-state index contributed by atoms with van der Waals surface area (Å²) in [6.45, 7) is 0. The van der Waals surface area contributed by atoms with Gasteiger partial charge in [-0.1, -0.05) is 33.6 Å². The molecule has 1 unspecified atom stereocenters. The van der Waals surface area contributed by atoms with Crippen LogP contribution in [0, 0.1) is 5.82 Å². The number of hydrogen-bond acceptors (Lipinski definition) is 1. The minimum atomic E-state index is -0.548. The minimum absolute atomic E-state index is 0.329. The highest BCUT2D eigenvalue weighted by molar-refractivity contribution is 9.10. The summed E-state index contributed by atoms with van der Waals surface area (Å²) in [6.07, 6.45) is 0. The zero-order chi connectivity index (χ0) is 13.3. The number of hydrogen-bond donors (Lipinski definition) is 1. The molecule has 2 aromatic carbocycles. The summed E-state index contributed by atoms with van der Waals surface area (Å²) < 4.78 is 15.3. The summed E-state index contributed by atoms with van der Waals surface area (Å²) in [7, 11) is 0. The van der Waals surface area contributed by atoms with Crippen molar-refractivity contribution in [3.8, 4) is 0 Å². The predicted molar refractivity (Wildman–Crippen MR) is 79.3 cm³/mol. The first-order chi connectivity index (χ1) is 8.49. The van der Waals surface area contributed by atoms with Crippen LogP contribution >= 0.6 is 43.5 Å². The third-order valence-corrected chi connectivity index (χ3v) is 4.32. The Morgan fingerprint density at radius 3 is 2.50 bits per heavy atom. The van der Waals surface area contributed by atoms with Crippen molar-refractivity contribution in [3.05, 3.63) is 67.3 Å². The van der Waals surface area contributed by atoms with E-state index in [4.69, 9.17) is 17.3 Å². The largest absolute Gasteiger partial charge is 0.320 e. The molecule has 0 aliphatic heterocycles. The molecule has 1 nitrogen and oxygen atoms in total. The predicted octanol–water partition coefficient (Wildman–Crippen LogP) is 5.05. The van der Waals surface area contributed by atoms with E-state index >= 15 is 0 Å². The molecule has 0 radical (unpaired) electrons. The van der Waals surface area contributed by atoms with Crippen molar-refractivity contribution < 1.29 is 4.39 Å². The maximum atomic E-state index is 13.7. The van der Waals surface area contributed by atoms with Crippen molar-refractivity contribution in [1.82, 2.24) is 0 Å². The van der Waals surface area contributed by atoms with Gasteiger partial charge < -0.3 is 5.73 Å². The Labute approximate surface area is 126 Å². The molecule has 0 aliphatic rings. The van der Waals surface area contributed by atoms with Crippen LogP contribution in [0.25, 0.3) is 0 Å². The van der Waals surface area contributed by atoms with E-state index in [-0.39, 0.29) is 5.82 Å². The van der Waals surface area contributed by atoms with E-state index in [1.165, 1.54) is 6.07 Å². The van der Waals surface area contributed by atoms with Gasteiger partial charge in [-0.05, 0) is 51.8 Å². The molecular formula is C13H9Br2ClFN. The highest BCUT2D eigenvalue weighted by Crippen LogP contribution is 2.30. The van der Waals surface area contributed by atoms with E-state index in [0.29, 0.717) is 10.6 Å². The topological polar surface area (TPSA) is 26.0 Å². The van der Waals surface area contributed by atoms with Gasteiger partial charge in [0.1, 0.15) is 5.82 Å². The van der Waals surface area contributed by atoms with Gasteiger partial charge >= 0.3 is 0 Å². The molecule has 0 saturated heterocycles. The van der Waals surface area contributed by atoms with Gasteiger partial charge in [-0.15, -0.1) is 0 Å². The summed E-state index contributed by atoms with van der Waals surface area (Å²) in [5.74, 6) is -0.329. The standard InChI is InChI=1S/C13H9Br2ClFN/c14-8-2-4-12(17)9(6-8)13(18)7-1-3-10(15)11(16)5-7/h1-6,13H,18H2. The van der Waals surface area contributed by atoms with Crippen LogP contribution in [0.3, 0.4) is 0 Å². The third kappa shape index (κ3) is 2.94. The van der Waals surface area contributed by atoms with Gasteiger partial charge in [-0.2, -0.15) is 0 Å². The van der Waals surface area contributed by atoms with E-state index in [0.717, 1.165) is 14.5 Å². The van der Waals surface area contributed by atoms with Gasteiger partial charge in [-0.25, -0.2) is 4.39 Å². The molecule has 0 heterocycles. The average molecular weight is 393 g/mol. The molecule has 0 fully saturated rings. The van der Waals surface area contributed by atoms with E-state index < -0.39 is 6.04 Å². The molecule has 1 atom stereocenters. The van der Waals surface area contributed by atoms with E-state index in [1.807, 2.05) is 6.07 Å². The molecule has 0 saturated carbocycles. The fourth-order valence-corrected chi connectivity index (χ4v) is 2.45. The fraction of sp³-hybridized carbons (Fsp3) is 0.0769. The monoisotopic (exact) mass is 391 g/mol.